The van der Waals surface area contributed by atoms with Gasteiger partial charge in [-0.3, -0.25) is 4.99 Å². The predicted molar refractivity (Wildman–Crippen MR) is 124 cm³/mol. The molecule has 32 heavy (non-hydrogen) atoms. The summed E-state index contributed by atoms with van der Waals surface area (Å²) in [5.74, 6) is 1.71. The molecule has 2 aromatic heterocycles. The quantitative estimate of drug-likeness (QED) is 0.413. The van der Waals surface area contributed by atoms with Crippen molar-refractivity contribution in [3.05, 3.63) is 46.6 Å². The van der Waals surface area contributed by atoms with Crippen LogP contribution < -0.4 is 11.1 Å². The van der Waals surface area contributed by atoms with E-state index in [1.807, 2.05) is 6.92 Å². The second kappa shape index (κ2) is 8.48. The van der Waals surface area contributed by atoms with E-state index in [-0.39, 0.29) is 17.9 Å². The molecule has 7 nitrogen and oxygen atoms in total. The fraction of sp³-hybridized carbons (Fsp3) is 0.522. The lowest BCUT2D eigenvalue weighted by Gasteiger charge is -2.48. The van der Waals surface area contributed by atoms with Crippen LogP contribution in [0.2, 0.25) is 5.02 Å². The van der Waals surface area contributed by atoms with Crippen LogP contribution in [-0.4, -0.2) is 45.4 Å². The van der Waals surface area contributed by atoms with Crippen molar-refractivity contribution in [2.45, 2.75) is 50.7 Å². The molecule has 3 saturated carbocycles. The fourth-order valence-electron chi connectivity index (χ4n) is 5.77. The van der Waals surface area contributed by atoms with Crippen molar-refractivity contribution in [2.24, 2.45) is 33.5 Å². The van der Waals surface area contributed by atoms with Gasteiger partial charge in [0.2, 0.25) is 0 Å². The largest absolute Gasteiger partial charge is 0.393 e. The van der Waals surface area contributed by atoms with E-state index >= 15 is 0 Å². The molecule has 4 aliphatic rings. The van der Waals surface area contributed by atoms with Crippen LogP contribution in [-0.2, 0) is 0 Å². The normalized spacial score (nSPS) is 30.8. The Bertz CT molecular complexity index is 1060. The van der Waals surface area contributed by atoms with Crippen LogP contribution >= 0.6 is 11.6 Å². The highest BCUT2D eigenvalue weighted by molar-refractivity contribution is 6.31. The number of rotatable bonds is 4. The molecule has 3 aliphatic carbocycles. The van der Waals surface area contributed by atoms with E-state index in [4.69, 9.17) is 27.3 Å². The van der Waals surface area contributed by atoms with E-state index < -0.39 is 11.9 Å². The summed E-state index contributed by atoms with van der Waals surface area (Å²) in [6.07, 6.45) is 6.95. The lowest BCUT2D eigenvalue weighted by atomic mass is 9.60. The molecule has 2 unspecified atom stereocenters. The molecule has 2 aromatic rings. The number of hydrogen-bond acceptors (Lipinski definition) is 4. The molecule has 0 spiro atoms. The van der Waals surface area contributed by atoms with Crippen molar-refractivity contribution in [3.63, 3.8) is 0 Å². The first-order chi connectivity index (χ1) is 15.4. The number of anilines is 1. The number of aromatic nitrogens is 2. The second-order valence-electron chi connectivity index (χ2n) is 9.23. The highest BCUT2D eigenvalue weighted by Crippen LogP contribution is 2.48. The standard InChI is InChI=1S/C23H28ClFN6O/c1-11(32)19-12-2-4-13(5-3-12)20(19)30-23(18-6-14(24)8-27-18)31-21(26)17-10-29-22-16(17)7-15(25)9-28-22/h6-9,11-13,17,19-20,27,32H,2-5,10H2,1H3,(H,28,29)(H2,26,30,31)/t11?,12?,13?,17?,19-,20-/m0/s1. The van der Waals surface area contributed by atoms with Gasteiger partial charge >= 0.3 is 0 Å². The van der Waals surface area contributed by atoms with E-state index in [2.05, 4.69) is 15.3 Å². The number of aliphatic hydroxyl groups excluding tert-OH is 1. The Morgan fingerprint density at radius 3 is 2.72 bits per heavy atom. The number of nitrogens with one attached hydrogen (secondary N) is 2. The third-order valence-corrected chi connectivity index (χ3v) is 7.50. The van der Waals surface area contributed by atoms with Crippen LogP contribution in [0.3, 0.4) is 0 Å². The molecule has 3 fully saturated rings. The fourth-order valence-corrected chi connectivity index (χ4v) is 5.94. The maximum absolute atomic E-state index is 13.8. The molecular weight excluding hydrogens is 431 g/mol. The molecule has 0 amide bonds. The Hall–Kier alpha value is -2.45. The van der Waals surface area contributed by atoms with Crippen molar-refractivity contribution in [2.75, 3.05) is 11.9 Å². The number of H-pyrrole nitrogens is 1. The number of pyridine rings is 1. The Balaban J connectivity index is 1.53. The van der Waals surface area contributed by atoms with E-state index in [0.717, 1.165) is 25.7 Å². The summed E-state index contributed by atoms with van der Waals surface area (Å²) in [7, 11) is 0. The summed E-state index contributed by atoms with van der Waals surface area (Å²) in [6.45, 7) is 2.35. The van der Waals surface area contributed by atoms with Gasteiger partial charge in [-0.2, -0.15) is 0 Å². The third-order valence-electron chi connectivity index (χ3n) is 7.28. The Labute approximate surface area is 191 Å². The van der Waals surface area contributed by atoms with Gasteiger partial charge in [-0.05, 0) is 56.6 Å². The lowest BCUT2D eigenvalue weighted by molar-refractivity contribution is -0.0111. The molecule has 1 aliphatic heterocycles. The summed E-state index contributed by atoms with van der Waals surface area (Å²) in [4.78, 5) is 17.0. The number of nitrogens with zero attached hydrogens (tertiary/aromatic N) is 3. The number of aliphatic imine (C=N–C) groups is 2. The van der Waals surface area contributed by atoms with Gasteiger partial charge in [0, 0.05) is 24.2 Å². The number of nitrogens with two attached hydrogens (primary N) is 1. The van der Waals surface area contributed by atoms with Crippen molar-refractivity contribution in [3.8, 4) is 0 Å². The highest BCUT2D eigenvalue weighted by Gasteiger charge is 2.45. The van der Waals surface area contributed by atoms with Crippen LogP contribution in [0.4, 0.5) is 10.2 Å². The molecule has 5 N–H and O–H groups in total. The first-order valence-corrected chi connectivity index (χ1v) is 11.6. The van der Waals surface area contributed by atoms with Gasteiger partial charge in [0.25, 0.3) is 0 Å². The first-order valence-electron chi connectivity index (χ1n) is 11.2. The van der Waals surface area contributed by atoms with Crippen LogP contribution in [0.15, 0.2) is 34.5 Å². The van der Waals surface area contributed by atoms with E-state index in [1.54, 1.807) is 12.3 Å². The zero-order valence-corrected chi connectivity index (χ0v) is 18.7. The summed E-state index contributed by atoms with van der Waals surface area (Å²) in [5.41, 5.74) is 7.81. The number of aliphatic hydroxyl groups is 1. The van der Waals surface area contributed by atoms with Gasteiger partial charge < -0.3 is 21.1 Å². The average Bonchev–Trinajstić information content (AvgIpc) is 3.39. The van der Waals surface area contributed by atoms with Gasteiger partial charge in [-0.1, -0.05) is 11.6 Å². The minimum atomic E-state index is -0.438. The number of fused-ring (bicyclic) bond motifs is 4. The van der Waals surface area contributed by atoms with Gasteiger partial charge in [0.05, 0.1) is 35.0 Å². The Morgan fingerprint density at radius 1 is 1.28 bits per heavy atom. The molecule has 3 heterocycles. The van der Waals surface area contributed by atoms with Crippen molar-refractivity contribution >= 4 is 29.1 Å². The summed E-state index contributed by atoms with van der Waals surface area (Å²) in [6, 6.07) is 3.20. The van der Waals surface area contributed by atoms with E-state index in [1.165, 1.54) is 12.3 Å². The van der Waals surface area contributed by atoms with Crippen LogP contribution in [0.25, 0.3) is 0 Å². The molecule has 0 saturated heterocycles. The monoisotopic (exact) mass is 458 g/mol. The number of halogens is 2. The molecule has 170 valence electrons. The minimum absolute atomic E-state index is 0.0239. The van der Waals surface area contributed by atoms with Crippen molar-refractivity contribution < 1.29 is 9.50 Å². The topological polar surface area (TPSA) is 112 Å². The van der Waals surface area contributed by atoms with E-state index in [9.17, 15) is 9.50 Å². The zero-order chi connectivity index (χ0) is 22.4. The average molecular weight is 459 g/mol. The molecule has 6 rings (SSSR count). The molecular formula is C23H28ClFN6O. The molecule has 0 radical (unpaired) electrons. The first kappa shape index (κ1) is 21.4. The van der Waals surface area contributed by atoms with Crippen LogP contribution in [0.1, 0.15) is 49.8 Å². The third kappa shape index (κ3) is 3.90. The van der Waals surface area contributed by atoms with Crippen molar-refractivity contribution in [1.29, 1.82) is 0 Å². The van der Waals surface area contributed by atoms with Gasteiger partial charge in [0.1, 0.15) is 17.5 Å². The molecule has 0 aromatic carbocycles. The zero-order valence-electron chi connectivity index (χ0n) is 17.9. The molecule has 2 bridgehead atoms. The van der Waals surface area contributed by atoms with Crippen LogP contribution in [0.5, 0.6) is 0 Å². The summed E-state index contributed by atoms with van der Waals surface area (Å²) < 4.78 is 13.8. The predicted octanol–water partition coefficient (Wildman–Crippen LogP) is 3.70. The van der Waals surface area contributed by atoms with E-state index in [0.29, 0.717) is 52.1 Å². The lowest BCUT2D eigenvalue weighted by Crippen LogP contribution is -2.48. The summed E-state index contributed by atoms with van der Waals surface area (Å²) >= 11 is 6.17. The number of amidine groups is 2. The van der Waals surface area contributed by atoms with Gasteiger partial charge in [-0.15, -0.1) is 0 Å². The SMILES string of the molecule is CC(O)[C@H]1C2CCC(CC2)[C@@H]1N=C(N=C(N)C1CNc2ncc(F)cc21)c1cc(Cl)c[nH]1. The smallest absolute Gasteiger partial charge is 0.173 e. The summed E-state index contributed by atoms with van der Waals surface area (Å²) in [5, 5.41) is 14.3. The maximum atomic E-state index is 13.8. The minimum Gasteiger partial charge on any atom is -0.393 e. The molecule has 9 heteroatoms. The number of aromatic amines is 1. The Kier molecular flexibility index (Phi) is 5.67. The van der Waals surface area contributed by atoms with Crippen molar-refractivity contribution in [1.82, 2.24) is 9.97 Å². The molecule has 4 atom stereocenters. The Morgan fingerprint density at radius 2 is 2.03 bits per heavy atom. The highest BCUT2D eigenvalue weighted by atomic mass is 35.5. The van der Waals surface area contributed by atoms with Gasteiger partial charge in [-0.25, -0.2) is 14.4 Å². The second-order valence-corrected chi connectivity index (χ2v) is 9.67. The maximum Gasteiger partial charge on any atom is 0.173 e. The van der Waals surface area contributed by atoms with Crippen LogP contribution in [0, 0.1) is 23.6 Å². The number of hydrogen-bond donors (Lipinski definition) is 4. The van der Waals surface area contributed by atoms with Gasteiger partial charge in [0.15, 0.2) is 5.84 Å².